The molecule has 0 aromatic rings. The largest absolute Gasteiger partial charge is 0.460 e. The standard InChI is InChI=1S/C14H31BN2O3/c1-14(2,3)20-13(18)9-6-5-7-11-17(15(4)19)12-8-10-16/h19H,5-12,16H2,1-4H3. The highest BCUT2D eigenvalue weighted by Crippen LogP contribution is 2.11. The Morgan fingerprint density at radius 2 is 1.80 bits per heavy atom. The predicted molar refractivity (Wildman–Crippen MR) is 83.4 cm³/mol. The summed E-state index contributed by atoms with van der Waals surface area (Å²) in [6.45, 7) is 9.71. The molecule has 0 atom stereocenters. The second kappa shape index (κ2) is 10.2. The van der Waals surface area contributed by atoms with E-state index in [-0.39, 0.29) is 5.97 Å². The van der Waals surface area contributed by atoms with Crippen LogP contribution in [0.25, 0.3) is 0 Å². The molecule has 0 aliphatic carbocycles. The lowest BCUT2D eigenvalue weighted by atomic mass is 9.84. The Kier molecular flexibility index (Phi) is 9.89. The van der Waals surface area contributed by atoms with Crippen molar-refractivity contribution in [1.29, 1.82) is 0 Å². The third kappa shape index (κ3) is 11.3. The molecule has 0 aromatic heterocycles. The molecule has 0 bridgehead atoms. The number of nitrogens with two attached hydrogens (primary N) is 1. The molecule has 0 saturated carbocycles. The van der Waals surface area contributed by atoms with Gasteiger partial charge in [0.2, 0.25) is 0 Å². The van der Waals surface area contributed by atoms with E-state index in [1.807, 2.05) is 25.6 Å². The Labute approximate surface area is 124 Å². The molecule has 0 unspecified atom stereocenters. The molecule has 0 amide bonds. The van der Waals surface area contributed by atoms with Crippen LogP contribution in [0.5, 0.6) is 0 Å². The molecule has 118 valence electrons. The fourth-order valence-corrected chi connectivity index (χ4v) is 1.93. The summed E-state index contributed by atoms with van der Waals surface area (Å²) in [4.78, 5) is 13.5. The molecule has 0 fully saturated rings. The zero-order valence-electron chi connectivity index (χ0n) is 13.5. The number of unbranched alkanes of at least 4 members (excludes halogenated alkanes) is 2. The maximum atomic E-state index is 11.5. The summed E-state index contributed by atoms with van der Waals surface area (Å²) in [7, 11) is -0.438. The fraction of sp³-hybridized carbons (Fsp3) is 0.929. The van der Waals surface area contributed by atoms with E-state index >= 15 is 0 Å². The van der Waals surface area contributed by atoms with E-state index in [0.29, 0.717) is 13.0 Å². The van der Waals surface area contributed by atoms with Crippen molar-refractivity contribution in [3.8, 4) is 0 Å². The Morgan fingerprint density at radius 1 is 1.20 bits per heavy atom. The fourth-order valence-electron chi connectivity index (χ4n) is 1.93. The molecule has 0 aromatic carbocycles. The van der Waals surface area contributed by atoms with Crippen molar-refractivity contribution in [1.82, 2.24) is 4.81 Å². The van der Waals surface area contributed by atoms with Crippen molar-refractivity contribution in [2.75, 3.05) is 19.6 Å². The van der Waals surface area contributed by atoms with Gasteiger partial charge in [-0.15, -0.1) is 0 Å². The highest BCUT2D eigenvalue weighted by Gasteiger charge is 2.16. The monoisotopic (exact) mass is 286 g/mol. The molecule has 5 nitrogen and oxygen atoms in total. The van der Waals surface area contributed by atoms with Crippen LogP contribution in [0, 0.1) is 0 Å². The summed E-state index contributed by atoms with van der Waals surface area (Å²) in [6.07, 6.45) is 4.13. The molecule has 0 heterocycles. The highest BCUT2D eigenvalue weighted by atomic mass is 16.6. The lowest BCUT2D eigenvalue weighted by molar-refractivity contribution is -0.154. The minimum atomic E-state index is -0.438. The van der Waals surface area contributed by atoms with Gasteiger partial charge >= 0.3 is 13.0 Å². The predicted octanol–water partition coefficient (Wildman–Crippen LogP) is 1.65. The van der Waals surface area contributed by atoms with Crippen LogP contribution in [0.4, 0.5) is 0 Å². The first kappa shape index (κ1) is 19.4. The molecule has 0 radical (unpaired) electrons. The van der Waals surface area contributed by atoms with Crippen molar-refractivity contribution in [2.24, 2.45) is 5.73 Å². The van der Waals surface area contributed by atoms with Crippen molar-refractivity contribution in [2.45, 2.75) is 65.3 Å². The van der Waals surface area contributed by atoms with Crippen LogP contribution in [0.15, 0.2) is 0 Å². The average molecular weight is 286 g/mol. The maximum absolute atomic E-state index is 11.5. The number of rotatable bonds is 10. The summed E-state index contributed by atoms with van der Waals surface area (Å²) in [5, 5.41) is 9.62. The first-order valence-electron chi connectivity index (χ1n) is 7.60. The third-order valence-corrected chi connectivity index (χ3v) is 2.92. The van der Waals surface area contributed by atoms with Gasteiger partial charge in [0.1, 0.15) is 5.60 Å². The number of esters is 1. The molecule has 6 heteroatoms. The minimum Gasteiger partial charge on any atom is -0.460 e. The van der Waals surface area contributed by atoms with Crippen molar-refractivity contribution in [3.63, 3.8) is 0 Å². The molecule has 0 aliphatic heterocycles. The van der Waals surface area contributed by atoms with Crippen LogP contribution in [0.3, 0.4) is 0 Å². The Bertz CT molecular complexity index is 268. The Morgan fingerprint density at radius 3 is 2.30 bits per heavy atom. The number of hydrogen-bond donors (Lipinski definition) is 2. The molecule has 0 rings (SSSR count). The number of hydrogen-bond acceptors (Lipinski definition) is 5. The molecule has 20 heavy (non-hydrogen) atoms. The van der Waals surface area contributed by atoms with E-state index in [0.717, 1.165) is 38.8 Å². The normalized spacial score (nSPS) is 11.8. The number of ether oxygens (including phenoxy) is 1. The summed E-state index contributed by atoms with van der Waals surface area (Å²) >= 11 is 0. The van der Waals surface area contributed by atoms with Crippen LogP contribution in [0.1, 0.15) is 52.9 Å². The summed E-state index contributed by atoms with van der Waals surface area (Å²) in [5.41, 5.74) is 5.08. The van der Waals surface area contributed by atoms with E-state index in [4.69, 9.17) is 10.5 Å². The number of carbonyl (C=O) groups excluding carboxylic acids is 1. The molecule has 3 N–H and O–H groups in total. The molecular weight excluding hydrogens is 255 g/mol. The zero-order valence-corrected chi connectivity index (χ0v) is 13.5. The van der Waals surface area contributed by atoms with E-state index in [1.165, 1.54) is 0 Å². The smallest absolute Gasteiger partial charge is 0.376 e. The lowest BCUT2D eigenvalue weighted by Gasteiger charge is -2.22. The quantitative estimate of drug-likeness (QED) is 0.363. The molecular formula is C14H31BN2O3. The van der Waals surface area contributed by atoms with Gasteiger partial charge < -0.3 is 20.3 Å². The van der Waals surface area contributed by atoms with Crippen LogP contribution in [-0.2, 0) is 9.53 Å². The first-order chi connectivity index (χ1) is 9.26. The highest BCUT2D eigenvalue weighted by molar-refractivity contribution is 6.45. The number of nitrogens with zero attached hydrogens (tertiary/aromatic N) is 1. The molecule has 0 aliphatic rings. The van der Waals surface area contributed by atoms with E-state index in [9.17, 15) is 9.82 Å². The minimum absolute atomic E-state index is 0.131. The maximum Gasteiger partial charge on any atom is 0.376 e. The SMILES string of the molecule is CB(O)N(CCCN)CCCCCC(=O)OC(C)(C)C. The summed E-state index contributed by atoms with van der Waals surface area (Å²) in [6, 6.07) is 0. The average Bonchev–Trinajstić information content (AvgIpc) is 2.29. The second-order valence-corrected chi connectivity index (χ2v) is 6.21. The third-order valence-electron chi connectivity index (χ3n) is 2.92. The van der Waals surface area contributed by atoms with Gasteiger partial charge in [-0.05, 0) is 66.5 Å². The van der Waals surface area contributed by atoms with E-state index in [2.05, 4.69) is 0 Å². The van der Waals surface area contributed by atoms with Crippen LogP contribution in [-0.4, -0.2) is 48.1 Å². The second-order valence-electron chi connectivity index (χ2n) is 6.21. The van der Waals surface area contributed by atoms with Gasteiger partial charge in [-0.3, -0.25) is 4.79 Å². The van der Waals surface area contributed by atoms with Crippen molar-refractivity contribution < 1.29 is 14.6 Å². The van der Waals surface area contributed by atoms with Gasteiger partial charge in [0.25, 0.3) is 0 Å². The Hall–Kier alpha value is -0.585. The summed E-state index contributed by atoms with van der Waals surface area (Å²) < 4.78 is 5.25. The first-order valence-corrected chi connectivity index (χ1v) is 7.60. The van der Waals surface area contributed by atoms with Crippen molar-refractivity contribution >= 4 is 13.0 Å². The van der Waals surface area contributed by atoms with E-state index < -0.39 is 12.7 Å². The van der Waals surface area contributed by atoms with Crippen LogP contribution >= 0.6 is 0 Å². The topological polar surface area (TPSA) is 75.8 Å². The van der Waals surface area contributed by atoms with Crippen LogP contribution in [0.2, 0.25) is 6.82 Å². The van der Waals surface area contributed by atoms with Crippen LogP contribution < -0.4 is 5.73 Å². The van der Waals surface area contributed by atoms with E-state index in [1.54, 1.807) is 6.82 Å². The van der Waals surface area contributed by atoms with Gasteiger partial charge in [0.05, 0.1) is 0 Å². The molecule has 0 saturated heterocycles. The lowest BCUT2D eigenvalue weighted by Crippen LogP contribution is -2.39. The van der Waals surface area contributed by atoms with Gasteiger partial charge in [0.15, 0.2) is 0 Å². The van der Waals surface area contributed by atoms with Gasteiger partial charge in [-0.25, -0.2) is 0 Å². The van der Waals surface area contributed by atoms with Gasteiger partial charge in [-0.2, -0.15) is 0 Å². The van der Waals surface area contributed by atoms with Gasteiger partial charge in [0, 0.05) is 6.42 Å². The van der Waals surface area contributed by atoms with Crippen molar-refractivity contribution in [3.05, 3.63) is 0 Å². The van der Waals surface area contributed by atoms with Gasteiger partial charge in [-0.1, -0.05) is 6.42 Å². The summed E-state index contributed by atoms with van der Waals surface area (Å²) in [5.74, 6) is -0.131. The number of carbonyl (C=O) groups is 1. The zero-order chi connectivity index (χ0) is 15.6. The molecule has 0 spiro atoms. The Balaban J connectivity index is 3.71.